The number of carbonyl (C=O) groups is 1. The fraction of sp³-hybridized carbons (Fsp3) is 0.923. The Morgan fingerprint density at radius 2 is 1.63 bits per heavy atom. The normalized spacial score (nSPS) is 43.9. The lowest BCUT2D eigenvalue weighted by Gasteiger charge is -2.73. The lowest BCUT2D eigenvalue weighted by Crippen LogP contribution is -2.72. The smallest absolute Gasteiger partial charge is 0.337 e. The molecule has 0 aromatic carbocycles. The summed E-state index contributed by atoms with van der Waals surface area (Å²) < 4.78 is 23.7. The minimum Gasteiger partial charge on any atom is -0.479 e. The predicted octanol–water partition coefficient (Wildman–Crippen LogP) is 5.15. The third-order valence-electron chi connectivity index (χ3n) is 16.6. The van der Waals surface area contributed by atoms with E-state index in [1.165, 1.54) is 50.5 Å². The Bertz CT molecular complexity index is 1360. The number of carboxylic acids is 1. The number of hydrazine groups is 1. The quantitative estimate of drug-likeness (QED) is 0.132. The van der Waals surface area contributed by atoms with Gasteiger partial charge in [-0.15, -0.1) is 0 Å². The number of piperidine rings is 1. The molecule has 280 valence electrons. The van der Waals surface area contributed by atoms with Crippen molar-refractivity contribution < 1.29 is 18.3 Å². The molecule has 6 rings (SSSR count). The number of hydrogen-bond acceptors (Lipinski definition) is 8. The van der Waals surface area contributed by atoms with Crippen LogP contribution < -0.4 is 16.2 Å². The number of nitrogens with zero attached hydrogens (tertiary/aromatic N) is 2. The number of hydrogen-bond donors (Lipinski definition) is 4. The van der Waals surface area contributed by atoms with Gasteiger partial charge in [0.05, 0.1) is 11.5 Å². The Morgan fingerprint density at radius 3 is 2.29 bits per heavy atom. The molecule has 4 aliphatic carbocycles. The van der Waals surface area contributed by atoms with Crippen LogP contribution in [0.5, 0.6) is 0 Å². The second-order valence-corrected chi connectivity index (χ2v) is 21.1. The summed E-state index contributed by atoms with van der Waals surface area (Å²) in [5, 5.41) is 14.1. The molecule has 9 nitrogen and oxygen atoms in total. The molecule has 4 saturated carbocycles. The standard InChI is InChI=1S/C39H69N5O4S/c1-27(2)28-12-15-39(26-41-19-9-20-43-22-24-49(47,48)25-23-43)17-16-37(6)29(32(28)39)10-11-31-36(5)18-21-44(33(34(45)46)42-40-8)35(3,4)30(36)13-14-38(31,37)7/h28-33,40-42H,1,9-26H2,2-8H3,(H,45,46)/t28-,29+,30-,31+,32+,33?,36-,37+,38+,39+/m0/s1. The summed E-state index contributed by atoms with van der Waals surface area (Å²) in [7, 11) is -1.07. The zero-order chi connectivity index (χ0) is 35.6. The molecule has 4 N–H and O–H groups in total. The molecular formula is C39H69N5O4S. The van der Waals surface area contributed by atoms with Crippen LogP contribution in [0, 0.1) is 51.2 Å². The molecule has 6 fully saturated rings. The molecule has 49 heavy (non-hydrogen) atoms. The molecule has 0 bridgehead atoms. The maximum Gasteiger partial charge on any atom is 0.337 e. The minimum atomic E-state index is -2.83. The van der Waals surface area contributed by atoms with E-state index < -0.39 is 22.0 Å². The van der Waals surface area contributed by atoms with Crippen molar-refractivity contribution in [2.45, 2.75) is 117 Å². The largest absolute Gasteiger partial charge is 0.479 e. The summed E-state index contributed by atoms with van der Waals surface area (Å²) in [6, 6.07) is 0. The van der Waals surface area contributed by atoms with E-state index in [0.29, 0.717) is 59.6 Å². The van der Waals surface area contributed by atoms with Crippen molar-refractivity contribution in [1.29, 1.82) is 0 Å². The molecule has 2 saturated heterocycles. The molecule has 10 atom stereocenters. The van der Waals surface area contributed by atoms with Crippen LogP contribution in [-0.4, -0.2) is 98.8 Å². The molecule has 2 heterocycles. The third kappa shape index (κ3) is 6.18. The molecule has 0 amide bonds. The van der Waals surface area contributed by atoms with Gasteiger partial charge >= 0.3 is 5.97 Å². The van der Waals surface area contributed by atoms with E-state index in [0.717, 1.165) is 45.4 Å². The molecule has 0 aromatic rings. The Labute approximate surface area is 298 Å². The monoisotopic (exact) mass is 704 g/mol. The van der Waals surface area contributed by atoms with Crippen LogP contribution in [0.15, 0.2) is 12.2 Å². The van der Waals surface area contributed by atoms with Crippen molar-refractivity contribution in [3.05, 3.63) is 12.2 Å². The lowest BCUT2D eigenvalue weighted by atomic mass is 9.33. The topological polar surface area (TPSA) is 114 Å². The van der Waals surface area contributed by atoms with E-state index in [1.54, 1.807) is 7.05 Å². The minimum absolute atomic E-state index is 0.182. The van der Waals surface area contributed by atoms with Crippen LogP contribution in [0.25, 0.3) is 0 Å². The molecule has 6 aliphatic rings. The molecule has 0 radical (unpaired) electrons. The molecule has 0 spiro atoms. The van der Waals surface area contributed by atoms with Crippen LogP contribution in [0.1, 0.15) is 106 Å². The Morgan fingerprint density at radius 1 is 0.918 bits per heavy atom. The highest BCUT2D eigenvalue weighted by Gasteiger charge is 2.71. The maximum absolute atomic E-state index is 12.4. The zero-order valence-electron chi connectivity index (χ0n) is 31.9. The SMILES string of the molecule is C=C(C)[C@@H]1CC[C@]2(CNCCCN3CCS(=O)(=O)CC3)CC[C@]3(C)[C@H](CC[C@@H]4[C@@]5(C)CCN(C(NNC)C(=O)O)C(C)(C)[C@@H]5CC[C@]43C)[C@@H]12. The number of aliphatic carboxylic acids is 1. The summed E-state index contributed by atoms with van der Waals surface area (Å²) in [6.07, 6.45) is 11.5. The van der Waals surface area contributed by atoms with Gasteiger partial charge in [-0.05, 0) is 156 Å². The number of carboxylic acid groups (broad SMARTS) is 1. The summed E-state index contributed by atoms with van der Waals surface area (Å²) >= 11 is 0. The summed E-state index contributed by atoms with van der Waals surface area (Å²) in [5.41, 5.74) is 8.17. The number of sulfone groups is 1. The van der Waals surface area contributed by atoms with E-state index >= 15 is 0 Å². The van der Waals surface area contributed by atoms with Gasteiger partial charge in [0, 0.05) is 31.7 Å². The highest BCUT2D eigenvalue weighted by molar-refractivity contribution is 7.91. The first-order chi connectivity index (χ1) is 23.0. The van der Waals surface area contributed by atoms with Crippen molar-refractivity contribution in [2.75, 3.05) is 57.8 Å². The van der Waals surface area contributed by atoms with Gasteiger partial charge in [0.2, 0.25) is 0 Å². The average molecular weight is 704 g/mol. The molecule has 2 aliphatic heterocycles. The number of nitrogens with one attached hydrogen (secondary N) is 3. The van der Waals surface area contributed by atoms with Crippen LogP contribution in [0.3, 0.4) is 0 Å². The molecule has 1 unspecified atom stereocenters. The first-order valence-electron chi connectivity index (χ1n) is 19.7. The molecule has 10 heteroatoms. The van der Waals surface area contributed by atoms with Crippen molar-refractivity contribution >= 4 is 15.8 Å². The fourth-order valence-electron chi connectivity index (χ4n) is 13.9. The van der Waals surface area contributed by atoms with Crippen molar-refractivity contribution in [1.82, 2.24) is 26.0 Å². The van der Waals surface area contributed by atoms with Gasteiger partial charge in [0.15, 0.2) is 16.0 Å². The van der Waals surface area contributed by atoms with E-state index in [4.69, 9.17) is 0 Å². The summed E-state index contributed by atoms with van der Waals surface area (Å²) in [5.74, 6) is 2.87. The van der Waals surface area contributed by atoms with Gasteiger partial charge in [-0.3, -0.25) is 10.3 Å². The Hall–Kier alpha value is -1.04. The van der Waals surface area contributed by atoms with E-state index in [-0.39, 0.29) is 21.8 Å². The van der Waals surface area contributed by atoms with Gasteiger partial charge in [-0.25, -0.2) is 18.6 Å². The number of likely N-dealkylation sites (tertiary alicyclic amines) is 1. The lowest BCUT2D eigenvalue weighted by molar-refractivity contribution is -0.245. The summed E-state index contributed by atoms with van der Waals surface area (Å²) in [6.45, 7) is 24.7. The van der Waals surface area contributed by atoms with Gasteiger partial charge in [0.1, 0.15) is 0 Å². The van der Waals surface area contributed by atoms with Crippen molar-refractivity contribution in [2.24, 2.45) is 51.2 Å². The van der Waals surface area contributed by atoms with Crippen molar-refractivity contribution in [3.63, 3.8) is 0 Å². The van der Waals surface area contributed by atoms with Gasteiger partial charge < -0.3 is 15.3 Å². The average Bonchev–Trinajstić information content (AvgIpc) is 3.41. The first kappa shape index (κ1) is 37.7. The number of rotatable bonds is 11. The predicted molar refractivity (Wildman–Crippen MR) is 198 cm³/mol. The number of allylic oxidation sites excluding steroid dienone is 1. The zero-order valence-corrected chi connectivity index (χ0v) is 32.7. The van der Waals surface area contributed by atoms with Gasteiger partial charge in [-0.1, -0.05) is 32.9 Å². The number of fused-ring (bicyclic) bond motifs is 7. The van der Waals surface area contributed by atoms with E-state index in [9.17, 15) is 18.3 Å². The highest BCUT2D eigenvalue weighted by Crippen LogP contribution is 2.76. The van der Waals surface area contributed by atoms with Crippen LogP contribution in [0.2, 0.25) is 0 Å². The second kappa shape index (κ2) is 13.4. The Balaban J connectivity index is 1.19. The molecular weight excluding hydrogens is 635 g/mol. The highest BCUT2D eigenvalue weighted by atomic mass is 32.2. The van der Waals surface area contributed by atoms with Crippen LogP contribution in [0.4, 0.5) is 0 Å². The summed E-state index contributed by atoms with van der Waals surface area (Å²) in [4.78, 5) is 16.9. The third-order valence-corrected chi connectivity index (χ3v) is 18.2. The maximum atomic E-state index is 12.4. The van der Waals surface area contributed by atoms with E-state index in [1.807, 2.05) is 0 Å². The fourth-order valence-corrected chi connectivity index (χ4v) is 15.2. The van der Waals surface area contributed by atoms with Crippen LogP contribution >= 0.6 is 0 Å². The van der Waals surface area contributed by atoms with Crippen molar-refractivity contribution in [3.8, 4) is 0 Å². The first-order valence-corrected chi connectivity index (χ1v) is 21.5. The van der Waals surface area contributed by atoms with Gasteiger partial charge in [0.25, 0.3) is 0 Å². The second-order valence-electron chi connectivity index (χ2n) is 18.8. The van der Waals surface area contributed by atoms with E-state index in [2.05, 4.69) is 74.1 Å². The molecule has 0 aromatic heterocycles. The Kier molecular flexibility index (Phi) is 10.3. The van der Waals surface area contributed by atoms with Gasteiger partial charge in [-0.2, -0.15) is 0 Å². The van der Waals surface area contributed by atoms with Crippen LogP contribution in [-0.2, 0) is 14.6 Å².